The minimum atomic E-state index is -0.470. The zero-order valence-electron chi connectivity index (χ0n) is 22.7. The van der Waals surface area contributed by atoms with E-state index in [9.17, 15) is 4.79 Å². The second-order valence-corrected chi connectivity index (χ2v) is 9.92. The molecule has 2 heterocycles. The quantitative estimate of drug-likeness (QED) is 0.150. The van der Waals surface area contributed by atoms with Crippen LogP contribution in [0.4, 0.5) is 0 Å². The highest BCUT2D eigenvalue weighted by molar-refractivity contribution is 9.10. The lowest BCUT2D eigenvalue weighted by Gasteiger charge is -2.17. The Hall–Kier alpha value is -3.98. The van der Waals surface area contributed by atoms with E-state index in [-0.39, 0.29) is 18.5 Å². The lowest BCUT2D eigenvalue weighted by atomic mass is 10.2. The summed E-state index contributed by atoms with van der Waals surface area (Å²) in [6, 6.07) is 18.9. The number of aromatic nitrogens is 1. The molecule has 1 amide bonds. The van der Waals surface area contributed by atoms with Crippen LogP contribution in [0.2, 0.25) is 0 Å². The van der Waals surface area contributed by atoms with E-state index < -0.39 is 5.91 Å². The highest BCUT2D eigenvalue weighted by Gasteiger charge is 2.14. The molecule has 2 aromatic heterocycles. The van der Waals surface area contributed by atoms with Gasteiger partial charge in [0.15, 0.2) is 17.3 Å². The zero-order chi connectivity index (χ0) is 27.9. The molecule has 0 unspecified atom stereocenters. The molecule has 0 radical (unpaired) electrons. The van der Waals surface area contributed by atoms with Crippen LogP contribution < -0.4 is 19.6 Å². The highest BCUT2D eigenvalue weighted by atomic mass is 79.9. The maximum absolute atomic E-state index is 12.5. The number of furan rings is 1. The number of rotatable bonds is 11. The number of nitrogens with zero attached hydrogens (tertiary/aromatic N) is 2. The van der Waals surface area contributed by atoms with Crippen LogP contribution in [0.1, 0.15) is 53.5 Å². The van der Waals surface area contributed by atoms with E-state index >= 15 is 0 Å². The van der Waals surface area contributed by atoms with Crippen molar-refractivity contribution in [1.82, 2.24) is 9.99 Å². The largest absolute Gasteiger partial charge is 0.493 e. The van der Waals surface area contributed by atoms with Crippen molar-refractivity contribution in [3.05, 3.63) is 93.6 Å². The highest BCUT2D eigenvalue weighted by Crippen LogP contribution is 2.37. The van der Waals surface area contributed by atoms with E-state index in [1.54, 1.807) is 25.3 Å². The van der Waals surface area contributed by atoms with Gasteiger partial charge in [0.1, 0.15) is 18.1 Å². The third-order valence-electron chi connectivity index (χ3n) is 6.16. The average molecular weight is 595 g/mol. The molecule has 0 bridgehead atoms. The number of methoxy groups -OCH3 is 1. The van der Waals surface area contributed by atoms with Gasteiger partial charge in [-0.25, -0.2) is 5.43 Å². The summed E-state index contributed by atoms with van der Waals surface area (Å²) < 4.78 is 25.8. The molecule has 0 aliphatic carbocycles. The minimum absolute atomic E-state index is 0.0434. The van der Waals surface area contributed by atoms with Crippen molar-refractivity contribution in [2.45, 2.75) is 46.8 Å². The number of halogens is 1. The van der Waals surface area contributed by atoms with Crippen molar-refractivity contribution in [1.29, 1.82) is 0 Å². The molecule has 4 rings (SSSR count). The van der Waals surface area contributed by atoms with Gasteiger partial charge >= 0.3 is 5.91 Å². The van der Waals surface area contributed by atoms with Gasteiger partial charge in [0.25, 0.3) is 0 Å². The molecule has 0 saturated carbocycles. The van der Waals surface area contributed by atoms with E-state index in [0.29, 0.717) is 23.0 Å². The second kappa shape index (κ2) is 12.7. The Kier molecular flexibility index (Phi) is 9.14. The summed E-state index contributed by atoms with van der Waals surface area (Å²) in [5.41, 5.74) is 6.61. The first kappa shape index (κ1) is 28.0. The number of aryl methyl sites for hydroxylation is 2. The van der Waals surface area contributed by atoms with Gasteiger partial charge in [-0.15, -0.1) is 0 Å². The monoisotopic (exact) mass is 593 g/mol. The fraction of sp³-hybridized carbons (Fsp3) is 0.267. The Morgan fingerprint density at radius 3 is 2.49 bits per heavy atom. The van der Waals surface area contributed by atoms with Crippen LogP contribution in [0.5, 0.6) is 17.2 Å². The number of nitrogens with one attached hydrogen (secondary N) is 1. The molecular weight excluding hydrogens is 562 g/mol. The normalized spacial score (nSPS) is 11.9. The molecular formula is C30H32BrN3O5. The van der Waals surface area contributed by atoms with Crippen molar-refractivity contribution >= 4 is 28.1 Å². The third kappa shape index (κ3) is 6.92. The van der Waals surface area contributed by atoms with Crippen molar-refractivity contribution in [3.8, 4) is 22.9 Å². The summed E-state index contributed by atoms with van der Waals surface area (Å²) in [4.78, 5) is 12.5. The summed E-state index contributed by atoms with van der Waals surface area (Å²) in [6.07, 6.45) is 2.43. The smallest absolute Gasteiger partial charge is 0.307 e. The summed E-state index contributed by atoms with van der Waals surface area (Å²) in [6.45, 7) is 8.38. The first-order chi connectivity index (χ1) is 18.8. The van der Waals surface area contributed by atoms with Crippen LogP contribution >= 0.6 is 15.9 Å². The third-order valence-corrected chi connectivity index (χ3v) is 6.75. The van der Waals surface area contributed by atoms with Crippen molar-refractivity contribution in [3.63, 3.8) is 0 Å². The number of ether oxygens (including phenoxy) is 3. The van der Waals surface area contributed by atoms with Crippen LogP contribution in [0, 0.1) is 13.8 Å². The molecule has 9 heteroatoms. The Balaban J connectivity index is 1.32. The Morgan fingerprint density at radius 2 is 1.82 bits per heavy atom. The van der Waals surface area contributed by atoms with Gasteiger partial charge in [-0.3, -0.25) is 4.79 Å². The summed E-state index contributed by atoms with van der Waals surface area (Å²) in [5.74, 6) is 2.09. The number of carbonyl (C=O) groups excluding carboxylic acids is 1. The summed E-state index contributed by atoms with van der Waals surface area (Å²) >= 11 is 3.52. The van der Waals surface area contributed by atoms with E-state index in [4.69, 9.17) is 18.6 Å². The average Bonchev–Trinajstić information content (AvgIpc) is 3.55. The number of hydrazone groups is 1. The molecule has 0 spiro atoms. The number of hydrogen-bond acceptors (Lipinski definition) is 6. The van der Waals surface area contributed by atoms with Gasteiger partial charge in [-0.2, -0.15) is 5.10 Å². The molecule has 0 fully saturated rings. The molecule has 0 saturated heterocycles. The van der Waals surface area contributed by atoms with Crippen LogP contribution in [0.3, 0.4) is 0 Å². The van der Waals surface area contributed by atoms with Crippen molar-refractivity contribution in [2.75, 3.05) is 7.11 Å². The molecule has 4 aromatic rings. The van der Waals surface area contributed by atoms with Crippen LogP contribution in [0.15, 0.2) is 74.7 Å². The zero-order valence-corrected chi connectivity index (χ0v) is 24.2. The molecule has 39 heavy (non-hydrogen) atoms. The molecule has 1 atom stereocenters. The van der Waals surface area contributed by atoms with Crippen LogP contribution in [0.25, 0.3) is 5.69 Å². The van der Waals surface area contributed by atoms with Gasteiger partial charge in [0.05, 0.1) is 23.9 Å². The first-order valence-electron chi connectivity index (χ1n) is 12.6. The topological polar surface area (TPSA) is 87.2 Å². The first-order valence-corrected chi connectivity index (χ1v) is 13.4. The number of hydrogen-bond donors (Lipinski definition) is 1. The molecule has 1 N–H and O–H groups in total. The molecule has 8 nitrogen and oxygen atoms in total. The molecule has 0 aliphatic rings. The van der Waals surface area contributed by atoms with E-state index in [1.165, 1.54) is 17.6 Å². The van der Waals surface area contributed by atoms with Gasteiger partial charge in [0.2, 0.25) is 0 Å². The maximum atomic E-state index is 12.5. The molecule has 0 aliphatic heterocycles. The SMILES string of the molecule is CC[C@@H](C)Oc1c(Br)cc(/C=N/NC(=O)c2ccc(COc3ccc(-n4c(C)ccc4C)cc3)o2)cc1OC. The lowest BCUT2D eigenvalue weighted by Crippen LogP contribution is -2.16. The molecule has 2 aromatic carbocycles. The van der Waals surface area contributed by atoms with Gasteiger partial charge in [-0.05, 0) is 109 Å². The second-order valence-electron chi connectivity index (χ2n) is 9.07. The Bertz CT molecular complexity index is 1440. The number of carbonyl (C=O) groups is 1. The molecule has 204 valence electrons. The van der Waals surface area contributed by atoms with Crippen molar-refractivity contribution in [2.24, 2.45) is 5.10 Å². The van der Waals surface area contributed by atoms with E-state index in [2.05, 4.69) is 63.9 Å². The van der Waals surface area contributed by atoms with Crippen LogP contribution in [-0.2, 0) is 6.61 Å². The Morgan fingerprint density at radius 1 is 1.10 bits per heavy atom. The fourth-order valence-corrected chi connectivity index (χ4v) is 4.49. The minimum Gasteiger partial charge on any atom is -0.493 e. The van der Waals surface area contributed by atoms with Crippen LogP contribution in [-0.4, -0.2) is 29.9 Å². The van der Waals surface area contributed by atoms with Gasteiger partial charge < -0.3 is 23.2 Å². The van der Waals surface area contributed by atoms with E-state index in [0.717, 1.165) is 22.1 Å². The number of amides is 1. The summed E-state index contributed by atoms with van der Waals surface area (Å²) in [5, 5.41) is 4.05. The lowest BCUT2D eigenvalue weighted by molar-refractivity contribution is 0.0923. The predicted octanol–water partition coefficient (Wildman–Crippen LogP) is 6.98. The van der Waals surface area contributed by atoms with E-state index in [1.807, 2.05) is 37.3 Å². The fourth-order valence-electron chi connectivity index (χ4n) is 3.93. The van der Waals surface area contributed by atoms with Gasteiger partial charge in [0, 0.05) is 17.1 Å². The Labute approximate surface area is 236 Å². The maximum Gasteiger partial charge on any atom is 0.307 e. The summed E-state index contributed by atoms with van der Waals surface area (Å²) in [7, 11) is 1.58. The van der Waals surface area contributed by atoms with Gasteiger partial charge in [-0.1, -0.05) is 6.92 Å². The number of benzene rings is 2. The standard InChI is InChI=1S/C30H32BrN3O5/c1-6-21(4)38-29-26(31)15-22(16-28(29)36-5)17-32-33-30(35)27-14-13-25(39-27)18-37-24-11-9-23(10-12-24)34-19(2)7-8-20(34)3/h7-17,21H,6,18H2,1-5H3,(H,33,35)/b32-17+/t21-/m1/s1. The van der Waals surface area contributed by atoms with Crippen molar-refractivity contribution < 1.29 is 23.4 Å². The predicted molar refractivity (Wildman–Crippen MR) is 154 cm³/mol.